The summed E-state index contributed by atoms with van der Waals surface area (Å²) in [5, 5.41) is 2.72. The fraction of sp³-hybridized carbons (Fsp3) is 0.200. The Kier molecular flexibility index (Phi) is 6.91. The molecule has 0 fully saturated rings. The van der Waals surface area contributed by atoms with E-state index < -0.39 is 10.0 Å². The van der Waals surface area contributed by atoms with Gasteiger partial charge in [0.15, 0.2) is 6.61 Å². The first kappa shape index (κ1) is 22.0. The van der Waals surface area contributed by atoms with E-state index in [9.17, 15) is 18.0 Å². The van der Waals surface area contributed by atoms with Crippen molar-refractivity contribution in [1.29, 1.82) is 0 Å². The number of anilines is 2. The lowest BCUT2D eigenvalue weighted by atomic mass is 10.2. The van der Waals surface area contributed by atoms with Crippen LogP contribution in [0, 0.1) is 0 Å². The minimum atomic E-state index is -3.46. The number of fused-ring (bicyclic) bond motifs is 1. The Balaban J connectivity index is 1.63. The van der Waals surface area contributed by atoms with Gasteiger partial charge in [-0.3, -0.25) is 14.5 Å². The highest BCUT2D eigenvalue weighted by Crippen LogP contribution is 2.34. The summed E-state index contributed by atoms with van der Waals surface area (Å²) in [4.78, 5) is 26.1. The molecule has 0 unspecified atom stereocenters. The number of hydrogen-bond acceptors (Lipinski definition) is 5. The second-order valence-corrected chi connectivity index (χ2v) is 9.24. The van der Waals surface area contributed by atoms with Gasteiger partial charge < -0.3 is 10.1 Å². The molecule has 2 aromatic rings. The highest BCUT2D eigenvalue weighted by atomic mass is 79.9. The Bertz CT molecular complexity index is 1070. The number of hydrogen-bond donors (Lipinski definition) is 2. The van der Waals surface area contributed by atoms with Crippen LogP contribution >= 0.6 is 15.9 Å². The van der Waals surface area contributed by atoms with E-state index in [4.69, 9.17) is 4.74 Å². The molecule has 0 radical (unpaired) electrons. The van der Waals surface area contributed by atoms with Crippen molar-refractivity contribution in [2.75, 3.05) is 29.9 Å². The molecule has 8 nitrogen and oxygen atoms in total. The quantitative estimate of drug-likeness (QED) is 0.549. The van der Waals surface area contributed by atoms with Crippen molar-refractivity contribution in [1.82, 2.24) is 4.72 Å². The number of benzene rings is 2. The molecule has 0 spiro atoms. The summed E-state index contributed by atoms with van der Waals surface area (Å²) in [5.74, 6) is -0.351. The smallest absolute Gasteiger partial charge is 0.265 e. The van der Waals surface area contributed by atoms with Crippen molar-refractivity contribution in [3.05, 3.63) is 65.2 Å². The van der Waals surface area contributed by atoms with Gasteiger partial charge in [0.2, 0.25) is 15.9 Å². The summed E-state index contributed by atoms with van der Waals surface area (Å²) in [7, 11) is -3.46. The zero-order valence-electron chi connectivity index (χ0n) is 15.9. The van der Waals surface area contributed by atoms with Crippen LogP contribution in [0.15, 0.2) is 59.6 Å². The van der Waals surface area contributed by atoms with E-state index in [0.29, 0.717) is 22.7 Å². The number of amides is 2. The standard InChI is InChI=1S/C20H20BrN3O5S/c1-2-9-22-30(27,28)13-14-3-6-16(7-4-14)23-19(25)11-24-17-8-5-15(21)10-18(17)29-12-20(24)26/h2-8,10,22H,1,9,11-13H2,(H,23,25). The molecular weight excluding hydrogens is 474 g/mol. The van der Waals surface area contributed by atoms with Gasteiger partial charge in [0, 0.05) is 16.7 Å². The van der Waals surface area contributed by atoms with Gasteiger partial charge >= 0.3 is 0 Å². The monoisotopic (exact) mass is 493 g/mol. The molecule has 30 heavy (non-hydrogen) atoms. The average molecular weight is 494 g/mol. The van der Waals surface area contributed by atoms with Crippen LogP contribution < -0.4 is 19.7 Å². The molecular formula is C20H20BrN3O5S. The number of sulfonamides is 1. The Morgan fingerprint density at radius 2 is 1.97 bits per heavy atom. The van der Waals surface area contributed by atoms with E-state index in [1.165, 1.54) is 11.0 Å². The molecule has 2 aromatic carbocycles. The maximum atomic E-state index is 12.5. The van der Waals surface area contributed by atoms with Gasteiger partial charge in [-0.15, -0.1) is 6.58 Å². The molecule has 2 N–H and O–H groups in total. The van der Waals surface area contributed by atoms with Crippen molar-refractivity contribution < 1.29 is 22.7 Å². The van der Waals surface area contributed by atoms with Gasteiger partial charge in [0.25, 0.3) is 5.91 Å². The number of ether oxygens (including phenoxy) is 1. The number of carbonyl (C=O) groups excluding carboxylic acids is 2. The first-order valence-electron chi connectivity index (χ1n) is 8.97. The van der Waals surface area contributed by atoms with Crippen LogP contribution in [0.3, 0.4) is 0 Å². The number of nitrogens with zero attached hydrogens (tertiary/aromatic N) is 1. The van der Waals surface area contributed by atoms with Crippen LogP contribution in [0.25, 0.3) is 0 Å². The molecule has 0 aliphatic carbocycles. The third kappa shape index (κ3) is 5.68. The van der Waals surface area contributed by atoms with Gasteiger partial charge in [-0.1, -0.05) is 34.1 Å². The van der Waals surface area contributed by atoms with Crippen molar-refractivity contribution in [3.63, 3.8) is 0 Å². The number of halogens is 1. The van der Waals surface area contributed by atoms with Crippen LogP contribution in [-0.2, 0) is 25.4 Å². The first-order valence-corrected chi connectivity index (χ1v) is 11.4. The first-order chi connectivity index (χ1) is 14.3. The van der Waals surface area contributed by atoms with Gasteiger partial charge in [-0.05, 0) is 35.9 Å². The van der Waals surface area contributed by atoms with Crippen molar-refractivity contribution in [2.45, 2.75) is 5.75 Å². The van der Waals surface area contributed by atoms with E-state index in [0.717, 1.165) is 4.47 Å². The Labute approximate surface area is 183 Å². The molecule has 3 rings (SSSR count). The Morgan fingerprint density at radius 3 is 2.67 bits per heavy atom. The molecule has 158 valence electrons. The third-order valence-electron chi connectivity index (χ3n) is 4.21. The Morgan fingerprint density at radius 1 is 1.23 bits per heavy atom. The van der Waals surface area contributed by atoms with Crippen LogP contribution in [-0.4, -0.2) is 39.9 Å². The van der Waals surface area contributed by atoms with Crippen molar-refractivity contribution in [2.24, 2.45) is 0 Å². The van der Waals surface area contributed by atoms with Gasteiger partial charge in [0.1, 0.15) is 12.3 Å². The summed E-state index contributed by atoms with van der Waals surface area (Å²) < 4.78 is 32.5. The lowest BCUT2D eigenvalue weighted by molar-refractivity contribution is -0.123. The number of rotatable bonds is 8. The molecule has 0 atom stereocenters. The fourth-order valence-corrected chi connectivity index (χ4v) is 4.28. The normalized spacial score (nSPS) is 13.4. The number of nitrogens with one attached hydrogen (secondary N) is 2. The lowest BCUT2D eigenvalue weighted by Crippen LogP contribution is -2.43. The molecule has 0 aromatic heterocycles. The maximum Gasteiger partial charge on any atom is 0.265 e. The predicted octanol–water partition coefficient (Wildman–Crippen LogP) is 2.42. The van der Waals surface area contributed by atoms with E-state index in [1.807, 2.05) is 0 Å². The van der Waals surface area contributed by atoms with Crippen LogP contribution in [0.5, 0.6) is 5.75 Å². The highest BCUT2D eigenvalue weighted by Gasteiger charge is 2.27. The second-order valence-electron chi connectivity index (χ2n) is 6.52. The summed E-state index contributed by atoms with van der Waals surface area (Å²) in [6.07, 6.45) is 1.46. The summed E-state index contributed by atoms with van der Waals surface area (Å²) in [6, 6.07) is 11.7. The van der Waals surface area contributed by atoms with Crippen molar-refractivity contribution >= 4 is 49.1 Å². The van der Waals surface area contributed by atoms with Crippen LogP contribution in [0.1, 0.15) is 5.56 Å². The minimum absolute atomic E-state index is 0.139. The van der Waals surface area contributed by atoms with E-state index in [-0.39, 0.29) is 37.3 Å². The molecule has 0 bridgehead atoms. The SMILES string of the molecule is C=CCNS(=O)(=O)Cc1ccc(NC(=O)CN2C(=O)COc3cc(Br)ccc32)cc1. The molecule has 1 aliphatic rings. The van der Waals surface area contributed by atoms with Gasteiger partial charge in [0.05, 0.1) is 11.4 Å². The molecule has 2 amide bonds. The van der Waals surface area contributed by atoms with Gasteiger partial charge in [-0.2, -0.15) is 0 Å². The van der Waals surface area contributed by atoms with Gasteiger partial charge in [-0.25, -0.2) is 13.1 Å². The molecule has 1 aliphatic heterocycles. The maximum absolute atomic E-state index is 12.5. The molecule has 0 saturated carbocycles. The minimum Gasteiger partial charge on any atom is -0.482 e. The summed E-state index contributed by atoms with van der Waals surface area (Å²) in [6.45, 7) is 3.33. The van der Waals surface area contributed by atoms with E-state index in [1.54, 1.807) is 42.5 Å². The number of carbonyl (C=O) groups is 2. The van der Waals surface area contributed by atoms with Crippen LogP contribution in [0.4, 0.5) is 11.4 Å². The Hall–Kier alpha value is -2.69. The lowest BCUT2D eigenvalue weighted by Gasteiger charge is -2.29. The molecule has 10 heteroatoms. The summed E-state index contributed by atoms with van der Waals surface area (Å²) >= 11 is 3.35. The summed E-state index contributed by atoms with van der Waals surface area (Å²) in [5.41, 5.74) is 1.60. The third-order valence-corrected chi connectivity index (χ3v) is 6.02. The second kappa shape index (κ2) is 9.41. The van der Waals surface area contributed by atoms with E-state index >= 15 is 0 Å². The predicted molar refractivity (Wildman–Crippen MR) is 118 cm³/mol. The zero-order chi connectivity index (χ0) is 21.7. The average Bonchev–Trinajstić information content (AvgIpc) is 2.70. The van der Waals surface area contributed by atoms with Crippen molar-refractivity contribution in [3.8, 4) is 5.75 Å². The zero-order valence-corrected chi connectivity index (χ0v) is 18.3. The highest BCUT2D eigenvalue weighted by molar-refractivity contribution is 9.10. The van der Waals surface area contributed by atoms with Crippen LogP contribution in [0.2, 0.25) is 0 Å². The molecule has 0 saturated heterocycles. The topological polar surface area (TPSA) is 105 Å². The fourth-order valence-electron chi connectivity index (χ4n) is 2.84. The largest absolute Gasteiger partial charge is 0.482 e. The van der Waals surface area contributed by atoms with E-state index in [2.05, 4.69) is 32.5 Å². The molecule has 1 heterocycles.